The molecule has 1 rings (SSSR count). The van der Waals surface area contributed by atoms with Crippen LogP contribution in [-0.4, -0.2) is 96.8 Å². The quantitative estimate of drug-likeness (QED) is 0.0224. The highest BCUT2D eigenvalue weighted by Gasteiger charge is 2.51. The molecule has 0 heterocycles. The van der Waals surface area contributed by atoms with Gasteiger partial charge in [0, 0.05) is 6.42 Å². The summed E-state index contributed by atoms with van der Waals surface area (Å²) in [4.78, 5) is 23.3. The van der Waals surface area contributed by atoms with Crippen LogP contribution in [-0.2, 0) is 18.4 Å². The molecule has 1 saturated carbocycles. The second-order valence-electron chi connectivity index (χ2n) is 16.3. The number of aliphatic hydroxyl groups excluding tert-OH is 6. The van der Waals surface area contributed by atoms with Gasteiger partial charge >= 0.3 is 7.82 Å². The van der Waals surface area contributed by atoms with E-state index in [2.05, 4.69) is 19.2 Å². The molecule has 0 aromatic carbocycles. The number of unbranched alkanes of at least 4 members (excludes halogenated alkanes) is 26. The van der Waals surface area contributed by atoms with E-state index in [1.807, 2.05) is 0 Å². The lowest BCUT2D eigenvalue weighted by Crippen LogP contribution is -2.64. The topological polar surface area (TPSA) is 206 Å². The van der Waals surface area contributed by atoms with Crippen LogP contribution in [0.25, 0.3) is 0 Å². The van der Waals surface area contributed by atoms with Crippen LogP contribution in [0.15, 0.2) is 0 Å². The maximum absolute atomic E-state index is 12.9. The minimum Gasteiger partial charge on any atom is -0.391 e. The first-order valence-corrected chi connectivity index (χ1v) is 24.0. The predicted octanol–water partition coefficient (Wildman–Crippen LogP) is 7.90. The molecular weight excluding hydrogens is 725 g/mol. The second kappa shape index (κ2) is 33.2. The van der Waals surface area contributed by atoms with E-state index in [1.165, 1.54) is 128 Å². The Morgan fingerprint density at radius 3 is 1.25 bits per heavy atom. The Morgan fingerprint density at radius 1 is 0.545 bits per heavy atom. The standard InChI is InChI=1S/C42H84NO11P/c1-3-5-7-9-11-13-15-17-19-21-23-25-27-29-31-35(44)34(33-53-55(51,52)54-42-40(49)38(47)37(46)39(48)41(42)50)43-36(45)32-30-28-26-24-22-20-18-16-14-12-10-8-6-4-2/h34-35,37-42,44,46-50H,3-33H2,1-2H3,(H,43,45)(H,51,52)/t34-,35+,37?,38+,39?,40?,41?,42?/m0/s1. The van der Waals surface area contributed by atoms with Gasteiger partial charge in [0.2, 0.25) is 5.91 Å². The first kappa shape index (κ1) is 52.4. The molecule has 0 radical (unpaired) electrons. The van der Waals surface area contributed by atoms with Gasteiger partial charge in [0.1, 0.15) is 36.6 Å². The van der Waals surface area contributed by atoms with Gasteiger partial charge in [-0.1, -0.05) is 187 Å². The maximum Gasteiger partial charge on any atom is 0.472 e. The average Bonchev–Trinajstić information content (AvgIpc) is 3.16. The largest absolute Gasteiger partial charge is 0.472 e. The molecule has 0 bridgehead atoms. The zero-order valence-corrected chi connectivity index (χ0v) is 35.6. The average molecular weight is 810 g/mol. The molecule has 328 valence electrons. The molecule has 55 heavy (non-hydrogen) atoms. The molecule has 13 heteroatoms. The fourth-order valence-corrected chi connectivity index (χ4v) is 8.40. The zero-order chi connectivity index (χ0) is 40.7. The summed E-state index contributed by atoms with van der Waals surface area (Å²) in [5.74, 6) is -0.306. The van der Waals surface area contributed by atoms with Gasteiger partial charge in [0.15, 0.2) is 0 Å². The minimum atomic E-state index is -5.05. The fourth-order valence-electron chi connectivity index (χ4n) is 7.44. The van der Waals surface area contributed by atoms with Crippen molar-refractivity contribution in [3.05, 3.63) is 0 Å². The van der Waals surface area contributed by atoms with Crippen molar-refractivity contribution in [1.82, 2.24) is 5.32 Å². The number of amides is 1. The van der Waals surface area contributed by atoms with Gasteiger partial charge in [-0.05, 0) is 12.8 Å². The Kier molecular flexibility index (Phi) is 31.6. The molecule has 1 fully saturated rings. The molecular formula is C42H84NO11P. The monoisotopic (exact) mass is 810 g/mol. The summed E-state index contributed by atoms with van der Waals surface area (Å²) in [7, 11) is -5.05. The lowest BCUT2D eigenvalue weighted by atomic mass is 9.85. The van der Waals surface area contributed by atoms with E-state index in [9.17, 15) is 44.9 Å². The summed E-state index contributed by atoms with van der Waals surface area (Å²) < 4.78 is 22.9. The molecule has 0 aliphatic heterocycles. The van der Waals surface area contributed by atoms with E-state index >= 15 is 0 Å². The van der Waals surface area contributed by atoms with Crippen molar-refractivity contribution < 1.29 is 53.9 Å². The SMILES string of the molecule is CCCCCCCCCCCCCCCCC(=O)N[C@@H](COP(=O)(O)OC1C(O)C(O)C(O)[C@@H](O)C1O)[C@H](O)CCCCCCCCCCCCCCCC. The zero-order valence-electron chi connectivity index (χ0n) is 34.7. The lowest BCUT2D eigenvalue weighted by molar-refractivity contribution is -0.220. The van der Waals surface area contributed by atoms with Crippen LogP contribution in [0.4, 0.5) is 0 Å². The Balaban J connectivity index is 2.49. The third-order valence-corrected chi connectivity index (χ3v) is 12.2. The van der Waals surface area contributed by atoms with Crippen LogP contribution in [0.5, 0.6) is 0 Å². The summed E-state index contributed by atoms with van der Waals surface area (Å²) in [5, 5.41) is 64.0. The van der Waals surface area contributed by atoms with E-state index in [1.54, 1.807) is 0 Å². The molecule has 8 N–H and O–H groups in total. The normalized spacial score (nSPS) is 23.7. The Hall–Kier alpha value is -0.660. The molecule has 1 aliphatic rings. The number of nitrogens with one attached hydrogen (secondary N) is 1. The highest BCUT2D eigenvalue weighted by Crippen LogP contribution is 2.47. The van der Waals surface area contributed by atoms with Gasteiger partial charge in [-0.25, -0.2) is 4.57 Å². The molecule has 1 amide bonds. The molecule has 0 aromatic rings. The van der Waals surface area contributed by atoms with Crippen LogP contribution in [0.2, 0.25) is 0 Å². The Labute approximate surface area is 334 Å². The van der Waals surface area contributed by atoms with Crippen molar-refractivity contribution in [3.63, 3.8) is 0 Å². The maximum atomic E-state index is 12.9. The molecule has 12 nitrogen and oxygen atoms in total. The summed E-state index contributed by atoms with van der Waals surface area (Å²) in [6.07, 6.45) is 21.3. The van der Waals surface area contributed by atoms with Crippen molar-refractivity contribution >= 4 is 13.7 Å². The molecule has 0 aromatic heterocycles. The first-order valence-electron chi connectivity index (χ1n) is 22.5. The third kappa shape index (κ3) is 25.4. The number of phosphoric acid groups is 1. The lowest BCUT2D eigenvalue weighted by Gasteiger charge is -2.41. The van der Waals surface area contributed by atoms with Gasteiger partial charge in [0.05, 0.1) is 18.8 Å². The molecule has 1 aliphatic carbocycles. The number of hydrogen-bond donors (Lipinski definition) is 8. The van der Waals surface area contributed by atoms with Crippen LogP contribution < -0.4 is 5.32 Å². The summed E-state index contributed by atoms with van der Waals surface area (Å²) in [6.45, 7) is 3.89. The fraction of sp³-hybridized carbons (Fsp3) is 0.976. The van der Waals surface area contributed by atoms with Crippen LogP contribution in [0.1, 0.15) is 206 Å². The summed E-state index contributed by atoms with van der Waals surface area (Å²) >= 11 is 0. The molecule has 0 spiro atoms. The highest BCUT2D eigenvalue weighted by molar-refractivity contribution is 7.47. The molecule has 0 saturated heterocycles. The number of carbonyl (C=O) groups is 1. The second-order valence-corrected chi connectivity index (χ2v) is 17.7. The molecule has 6 unspecified atom stereocenters. The number of carbonyl (C=O) groups excluding carboxylic acids is 1. The van der Waals surface area contributed by atoms with Gasteiger partial charge in [0.25, 0.3) is 0 Å². The highest BCUT2D eigenvalue weighted by atomic mass is 31.2. The van der Waals surface area contributed by atoms with E-state index in [0.29, 0.717) is 19.3 Å². The van der Waals surface area contributed by atoms with Crippen LogP contribution in [0, 0.1) is 0 Å². The van der Waals surface area contributed by atoms with Gasteiger partial charge in [-0.15, -0.1) is 0 Å². The van der Waals surface area contributed by atoms with Crippen LogP contribution >= 0.6 is 7.82 Å². The smallest absolute Gasteiger partial charge is 0.391 e. The predicted molar refractivity (Wildman–Crippen MR) is 218 cm³/mol. The Morgan fingerprint density at radius 2 is 0.873 bits per heavy atom. The van der Waals surface area contributed by atoms with E-state index < -0.39 is 63.2 Å². The van der Waals surface area contributed by atoms with E-state index in [-0.39, 0.29) is 12.3 Å². The van der Waals surface area contributed by atoms with E-state index in [0.717, 1.165) is 38.5 Å². The first-order chi connectivity index (χ1) is 26.4. The number of phosphoric ester groups is 1. The van der Waals surface area contributed by atoms with Gasteiger partial charge < -0.3 is 40.8 Å². The van der Waals surface area contributed by atoms with Gasteiger partial charge in [-0.3, -0.25) is 13.8 Å². The third-order valence-electron chi connectivity index (χ3n) is 11.2. The van der Waals surface area contributed by atoms with E-state index in [4.69, 9.17) is 9.05 Å². The van der Waals surface area contributed by atoms with Crippen molar-refractivity contribution in [3.8, 4) is 0 Å². The number of aliphatic hydroxyl groups is 6. The van der Waals surface area contributed by atoms with Crippen LogP contribution in [0.3, 0.4) is 0 Å². The van der Waals surface area contributed by atoms with Crippen molar-refractivity contribution in [2.45, 2.75) is 255 Å². The summed E-state index contributed by atoms with van der Waals surface area (Å²) in [6, 6.07) is -1.02. The number of rotatable bonds is 37. The Bertz CT molecular complexity index is 946. The van der Waals surface area contributed by atoms with Crippen molar-refractivity contribution in [2.75, 3.05) is 6.61 Å². The van der Waals surface area contributed by atoms with Crippen molar-refractivity contribution in [1.29, 1.82) is 0 Å². The molecule has 9 atom stereocenters. The minimum absolute atomic E-state index is 0.242. The summed E-state index contributed by atoms with van der Waals surface area (Å²) in [5.41, 5.74) is 0. The number of hydrogen-bond acceptors (Lipinski definition) is 10. The van der Waals surface area contributed by atoms with Crippen molar-refractivity contribution in [2.24, 2.45) is 0 Å². The van der Waals surface area contributed by atoms with Gasteiger partial charge in [-0.2, -0.15) is 0 Å².